The monoisotopic (exact) mass is 515 g/mol. The second-order valence-corrected chi connectivity index (χ2v) is 11.6. The van der Waals surface area contributed by atoms with Crippen molar-refractivity contribution in [2.24, 2.45) is 11.7 Å². The molecule has 1 aliphatic carbocycles. The molecule has 186 valence electrons. The minimum Gasteiger partial charge on any atom is -0.390 e. The number of nitrogens with two attached hydrogens (primary N) is 1. The van der Waals surface area contributed by atoms with Crippen LogP contribution in [-0.4, -0.2) is 30.0 Å². The predicted molar refractivity (Wildman–Crippen MR) is 141 cm³/mol. The van der Waals surface area contributed by atoms with E-state index in [0.29, 0.717) is 40.2 Å². The van der Waals surface area contributed by atoms with Crippen LogP contribution in [0, 0.1) is 12.8 Å². The number of nitrogens with one attached hydrogen (secondary N) is 2. The van der Waals surface area contributed by atoms with Crippen molar-refractivity contribution in [3.8, 4) is 11.1 Å². The summed E-state index contributed by atoms with van der Waals surface area (Å²) in [5, 5.41) is 12.9. The number of hydrogen-bond donors (Lipinski definition) is 4. The summed E-state index contributed by atoms with van der Waals surface area (Å²) in [7, 11) is -3.65. The van der Waals surface area contributed by atoms with Gasteiger partial charge in [-0.2, -0.15) is 0 Å². The van der Waals surface area contributed by atoms with Crippen LogP contribution in [0.5, 0.6) is 0 Å². The Hall–Kier alpha value is -2.81. The Morgan fingerprint density at radius 3 is 2.69 bits per heavy atom. The second-order valence-electron chi connectivity index (χ2n) is 9.67. The number of carbonyl (C=O) groups excluding carboxylic acids is 1. The molecule has 1 heterocycles. The molecule has 0 saturated heterocycles. The number of benzene rings is 2. The van der Waals surface area contributed by atoms with Gasteiger partial charge in [-0.05, 0) is 81.7 Å². The average molecular weight is 516 g/mol. The van der Waals surface area contributed by atoms with Gasteiger partial charge in [0.05, 0.1) is 22.4 Å². The van der Waals surface area contributed by atoms with E-state index in [9.17, 15) is 18.3 Å². The lowest BCUT2D eigenvalue weighted by atomic mass is 9.77. The predicted octanol–water partition coefficient (Wildman–Crippen LogP) is 5.05. The zero-order chi connectivity index (χ0) is 25.7. The number of hydrogen-bond acceptors (Lipinski definition) is 4. The Balaban J connectivity index is 1.97. The Bertz CT molecular complexity index is 1470. The molecule has 1 aromatic heterocycles. The van der Waals surface area contributed by atoms with Crippen LogP contribution in [0.15, 0.2) is 35.7 Å². The van der Waals surface area contributed by atoms with E-state index < -0.39 is 21.5 Å². The van der Waals surface area contributed by atoms with Crippen LogP contribution < -0.4 is 10.5 Å². The summed E-state index contributed by atoms with van der Waals surface area (Å²) in [5.41, 5.74) is 10.4. The standard InChI is InChI=1S/C26H30ClN3O4S/c1-5-11-35(33,34)30-20-8-6-7-16(14(20)2)22-19(27)13-18(25(28)31)24-23(22)17-10-9-15(26(3,4)32)12-21(17)29-24/h5-8,11,13,15,29-30,32H,9-10,12H2,1-4H3,(H2,28,31)/t15-/m1/s1. The number of aromatic nitrogens is 1. The third kappa shape index (κ3) is 4.70. The van der Waals surface area contributed by atoms with Crippen LogP contribution in [0.25, 0.3) is 22.0 Å². The highest BCUT2D eigenvalue weighted by Gasteiger charge is 2.34. The molecular formula is C26H30ClN3O4S. The van der Waals surface area contributed by atoms with Crippen LogP contribution >= 0.6 is 11.6 Å². The van der Waals surface area contributed by atoms with Gasteiger partial charge in [0.1, 0.15) is 0 Å². The molecule has 9 heteroatoms. The first kappa shape index (κ1) is 25.3. The number of aryl methyl sites for hydroxylation is 1. The Morgan fingerprint density at radius 1 is 1.34 bits per heavy atom. The molecule has 0 bridgehead atoms. The summed E-state index contributed by atoms with van der Waals surface area (Å²) in [6, 6.07) is 6.91. The molecule has 1 amide bonds. The van der Waals surface area contributed by atoms with Crippen molar-refractivity contribution in [1.82, 2.24) is 4.98 Å². The van der Waals surface area contributed by atoms with Gasteiger partial charge in [0.15, 0.2) is 0 Å². The smallest absolute Gasteiger partial charge is 0.254 e. The minimum absolute atomic E-state index is 0.0603. The largest absolute Gasteiger partial charge is 0.390 e. The van der Waals surface area contributed by atoms with Gasteiger partial charge in [0.2, 0.25) is 0 Å². The van der Waals surface area contributed by atoms with Crippen LogP contribution in [-0.2, 0) is 22.9 Å². The van der Waals surface area contributed by atoms with Crippen molar-refractivity contribution in [3.05, 3.63) is 63.2 Å². The minimum atomic E-state index is -3.65. The van der Waals surface area contributed by atoms with Crippen molar-refractivity contribution in [2.45, 2.75) is 52.6 Å². The molecule has 7 nitrogen and oxygen atoms in total. The van der Waals surface area contributed by atoms with E-state index in [4.69, 9.17) is 17.3 Å². The number of amides is 1. The molecule has 0 saturated carbocycles. The fourth-order valence-electron chi connectivity index (χ4n) is 5.02. The quantitative estimate of drug-likeness (QED) is 0.366. The van der Waals surface area contributed by atoms with Crippen LogP contribution in [0.3, 0.4) is 0 Å². The molecule has 2 aromatic carbocycles. The lowest BCUT2D eigenvalue weighted by molar-refractivity contribution is 0.0107. The molecule has 35 heavy (non-hydrogen) atoms. The molecule has 5 N–H and O–H groups in total. The van der Waals surface area contributed by atoms with E-state index in [0.717, 1.165) is 39.6 Å². The Morgan fingerprint density at radius 2 is 2.06 bits per heavy atom. The molecule has 0 fully saturated rings. The number of fused-ring (bicyclic) bond motifs is 3. The summed E-state index contributed by atoms with van der Waals surface area (Å²) < 4.78 is 27.3. The van der Waals surface area contributed by atoms with Gasteiger partial charge in [-0.25, -0.2) is 8.42 Å². The van der Waals surface area contributed by atoms with Crippen LogP contribution in [0.4, 0.5) is 5.69 Å². The lowest BCUT2D eigenvalue weighted by Gasteiger charge is -2.32. The summed E-state index contributed by atoms with van der Waals surface area (Å²) in [5.74, 6) is -0.532. The van der Waals surface area contributed by atoms with E-state index in [1.54, 1.807) is 25.1 Å². The van der Waals surface area contributed by atoms with Crippen LogP contribution in [0.2, 0.25) is 5.02 Å². The zero-order valence-corrected chi connectivity index (χ0v) is 21.8. The molecular weight excluding hydrogens is 486 g/mol. The van der Waals surface area contributed by atoms with Gasteiger partial charge in [-0.15, -0.1) is 0 Å². The number of sulfonamides is 1. The number of aliphatic hydroxyl groups is 1. The molecule has 0 radical (unpaired) electrons. The van der Waals surface area contributed by atoms with E-state index in [-0.39, 0.29) is 5.92 Å². The molecule has 1 aliphatic rings. The van der Waals surface area contributed by atoms with Crippen molar-refractivity contribution in [2.75, 3.05) is 4.72 Å². The number of carbonyl (C=O) groups is 1. The number of allylic oxidation sites excluding steroid dienone is 1. The van der Waals surface area contributed by atoms with Gasteiger partial charge >= 0.3 is 0 Å². The maximum Gasteiger partial charge on any atom is 0.254 e. The molecule has 0 unspecified atom stereocenters. The number of halogens is 1. The van der Waals surface area contributed by atoms with Crippen molar-refractivity contribution in [3.63, 3.8) is 0 Å². The second kappa shape index (κ2) is 9.00. The number of primary amides is 1. The summed E-state index contributed by atoms with van der Waals surface area (Å²) in [4.78, 5) is 15.7. The van der Waals surface area contributed by atoms with Crippen LogP contribution in [0.1, 0.15) is 54.4 Å². The average Bonchev–Trinajstić information content (AvgIpc) is 3.13. The topological polar surface area (TPSA) is 125 Å². The summed E-state index contributed by atoms with van der Waals surface area (Å²) in [6.07, 6.45) is 3.56. The molecule has 0 spiro atoms. The molecule has 0 aliphatic heterocycles. The van der Waals surface area contributed by atoms with Gasteiger partial charge in [-0.3, -0.25) is 9.52 Å². The van der Waals surface area contributed by atoms with E-state index in [1.165, 1.54) is 6.08 Å². The highest BCUT2D eigenvalue weighted by Crippen LogP contribution is 2.45. The molecule has 3 aromatic rings. The van der Waals surface area contributed by atoms with Gasteiger partial charge in [0.25, 0.3) is 15.9 Å². The zero-order valence-electron chi connectivity index (χ0n) is 20.2. The Labute approximate surface area is 210 Å². The van der Waals surface area contributed by atoms with Crippen molar-refractivity contribution < 1.29 is 18.3 Å². The third-order valence-electron chi connectivity index (χ3n) is 6.85. The normalized spacial score (nSPS) is 16.6. The highest BCUT2D eigenvalue weighted by atomic mass is 35.5. The Kier molecular flexibility index (Phi) is 6.51. The first-order valence-corrected chi connectivity index (χ1v) is 13.4. The summed E-state index contributed by atoms with van der Waals surface area (Å²) in [6.45, 7) is 7.09. The number of rotatable bonds is 6. The van der Waals surface area contributed by atoms with E-state index in [2.05, 4.69) is 9.71 Å². The lowest BCUT2D eigenvalue weighted by Crippen LogP contribution is -2.34. The van der Waals surface area contributed by atoms with Crippen molar-refractivity contribution in [1.29, 1.82) is 0 Å². The highest BCUT2D eigenvalue weighted by molar-refractivity contribution is 7.95. The fraction of sp³-hybridized carbons (Fsp3) is 0.346. The number of anilines is 1. The van der Waals surface area contributed by atoms with E-state index in [1.807, 2.05) is 26.8 Å². The first-order valence-electron chi connectivity index (χ1n) is 11.5. The van der Waals surface area contributed by atoms with Gasteiger partial charge < -0.3 is 15.8 Å². The molecule has 1 atom stereocenters. The van der Waals surface area contributed by atoms with Crippen molar-refractivity contribution >= 4 is 44.1 Å². The fourth-order valence-corrected chi connectivity index (χ4v) is 6.28. The number of H-pyrrole nitrogens is 1. The SMILES string of the molecule is CC=CS(=O)(=O)Nc1cccc(-c2c(Cl)cc(C(N)=O)c3[nH]c4c(c23)CC[C@@H](C(C)(C)O)C4)c1C. The third-order valence-corrected chi connectivity index (χ3v) is 8.28. The first-order chi connectivity index (χ1) is 16.3. The number of aromatic amines is 1. The molecule has 4 rings (SSSR count). The van der Waals surface area contributed by atoms with Gasteiger partial charge in [-0.1, -0.05) is 29.8 Å². The van der Waals surface area contributed by atoms with Gasteiger partial charge in [0, 0.05) is 27.1 Å². The van der Waals surface area contributed by atoms with E-state index >= 15 is 0 Å². The maximum atomic E-state index is 12.4. The maximum absolute atomic E-state index is 12.4. The summed E-state index contributed by atoms with van der Waals surface area (Å²) >= 11 is 6.78.